The summed E-state index contributed by atoms with van der Waals surface area (Å²) in [6.07, 6.45) is 0.0810. The second kappa shape index (κ2) is 5.10. The fourth-order valence-electron chi connectivity index (χ4n) is 2.11. The first-order chi connectivity index (χ1) is 8.93. The van der Waals surface area contributed by atoms with E-state index in [4.69, 9.17) is 4.74 Å². The molecular formula is C12H14F2N2O3. The Kier molecular flexibility index (Phi) is 3.68. The average molecular weight is 272 g/mol. The van der Waals surface area contributed by atoms with Crippen LogP contribution in [0.5, 0.6) is 0 Å². The van der Waals surface area contributed by atoms with E-state index in [0.717, 1.165) is 12.1 Å². The predicted molar refractivity (Wildman–Crippen MR) is 62.2 cm³/mol. The van der Waals surface area contributed by atoms with Crippen molar-refractivity contribution >= 4 is 6.03 Å². The van der Waals surface area contributed by atoms with E-state index in [2.05, 4.69) is 10.6 Å². The first-order valence-electron chi connectivity index (χ1n) is 5.68. The van der Waals surface area contributed by atoms with Gasteiger partial charge in [0.05, 0.1) is 12.6 Å². The summed E-state index contributed by atoms with van der Waals surface area (Å²) < 4.78 is 30.9. The Morgan fingerprint density at radius 3 is 2.84 bits per heavy atom. The lowest BCUT2D eigenvalue weighted by atomic mass is 9.95. The lowest BCUT2D eigenvalue weighted by Crippen LogP contribution is -2.61. The second-order valence-electron chi connectivity index (χ2n) is 4.49. The Bertz CT molecular complexity index is 498. The topological polar surface area (TPSA) is 70.6 Å². The molecule has 1 aromatic carbocycles. The van der Waals surface area contributed by atoms with Gasteiger partial charge in [-0.2, -0.15) is 0 Å². The maximum atomic E-state index is 13.2. The van der Waals surface area contributed by atoms with Crippen molar-refractivity contribution in [2.75, 3.05) is 13.7 Å². The minimum absolute atomic E-state index is 0.0810. The maximum Gasteiger partial charge on any atom is 0.317 e. The van der Waals surface area contributed by atoms with Crippen LogP contribution in [0.1, 0.15) is 18.0 Å². The van der Waals surface area contributed by atoms with Gasteiger partial charge in [0, 0.05) is 13.5 Å². The summed E-state index contributed by atoms with van der Waals surface area (Å²) in [5.41, 5.74) is -1.16. The first-order valence-corrected chi connectivity index (χ1v) is 5.68. The van der Waals surface area contributed by atoms with Gasteiger partial charge in [0.15, 0.2) is 17.4 Å². The molecule has 0 bridgehead atoms. The van der Waals surface area contributed by atoms with E-state index < -0.39 is 29.4 Å². The summed E-state index contributed by atoms with van der Waals surface area (Å²) in [6, 6.07) is 2.12. The maximum absolute atomic E-state index is 13.2. The van der Waals surface area contributed by atoms with Gasteiger partial charge in [-0.15, -0.1) is 0 Å². The Hall–Kier alpha value is -1.73. The molecule has 2 rings (SSSR count). The van der Waals surface area contributed by atoms with Crippen LogP contribution in [0.2, 0.25) is 0 Å². The lowest BCUT2D eigenvalue weighted by molar-refractivity contribution is -0.0674. The number of amides is 2. The van der Waals surface area contributed by atoms with E-state index in [1.807, 2.05) is 0 Å². The number of hydrogen-bond donors (Lipinski definition) is 3. The van der Waals surface area contributed by atoms with Crippen molar-refractivity contribution in [3.8, 4) is 0 Å². The quantitative estimate of drug-likeness (QED) is 0.770. The third-order valence-electron chi connectivity index (χ3n) is 2.92. The number of hydrogen-bond acceptors (Lipinski definition) is 3. The van der Waals surface area contributed by atoms with Crippen LogP contribution >= 0.6 is 0 Å². The fourth-order valence-corrected chi connectivity index (χ4v) is 2.11. The smallest absolute Gasteiger partial charge is 0.317 e. The van der Waals surface area contributed by atoms with Gasteiger partial charge in [-0.25, -0.2) is 13.6 Å². The van der Waals surface area contributed by atoms with Crippen LogP contribution < -0.4 is 10.6 Å². The summed E-state index contributed by atoms with van der Waals surface area (Å²) in [6.45, 7) is -0.0966. The van der Waals surface area contributed by atoms with E-state index in [1.54, 1.807) is 0 Å². The van der Waals surface area contributed by atoms with Gasteiger partial charge in [0.1, 0.15) is 0 Å². The molecule has 0 saturated carbocycles. The third-order valence-corrected chi connectivity index (χ3v) is 2.92. The van der Waals surface area contributed by atoms with Crippen LogP contribution in [0.15, 0.2) is 18.2 Å². The normalized spacial score (nSPS) is 26.7. The van der Waals surface area contributed by atoms with Crippen LogP contribution in [0.3, 0.4) is 0 Å². The highest BCUT2D eigenvalue weighted by Gasteiger charge is 2.38. The van der Waals surface area contributed by atoms with Crippen LogP contribution in [0, 0.1) is 11.6 Å². The van der Waals surface area contributed by atoms with Crippen molar-refractivity contribution < 1.29 is 23.4 Å². The molecule has 104 valence electrons. The molecule has 2 atom stereocenters. The molecule has 1 heterocycles. The molecule has 7 heteroatoms. The molecule has 0 aliphatic carbocycles. The first kappa shape index (κ1) is 13.7. The Morgan fingerprint density at radius 2 is 2.21 bits per heavy atom. The van der Waals surface area contributed by atoms with Crippen molar-refractivity contribution in [3.63, 3.8) is 0 Å². The van der Waals surface area contributed by atoms with E-state index in [0.29, 0.717) is 5.56 Å². The van der Waals surface area contributed by atoms with E-state index in [9.17, 15) is 18.7 Å². The molecule has 3 N–H and O–H groups in total. The third kappa shape index (κ3) is 2.99. The van der Waals surface area contributed by atoms with Crippen LogP contribution in [-0.2, 0) is 4.74 Å². The Labute approximate surface area is 108 Å². The zero-order valence-corrected chi connectivity index (χ0v) is 10.2. The molecule has 0 unspecified atom stereocenters. The van der Waals surface area contributed by atoms with Gasteiger partial charge in [-0.05, 0) is 17.7 Å². The molecule has 1 saturated heterocycles. The molecule has 0 aromatic heterocycles. The number of nitrogens with one attached hydrogen (secondary N) is 2. The molecule has 2 amide bonds. The van der Waals surface area contributed by atoms with Gasteiger partial charge in [-0.3, -0.25) is 0 Å². The summed E-state index contributed by atoms with van der Waals surface area (Å²) in [7, 11) is 1.39. The zero-order valence-electron chi connectivity index (χ0n) is 10.2. The molecule has 0 radical (unpaired) electrons. The molecule has 1 aromatic rings. The minimum Gasteiger partial charge on any atom is -0.380 e. The monoisotopic (exact) mass is 272 g/mol. The second-order valence-corrected chi connectivity index (χ2v) is 4.49. The molecule has 1 fully saturated rings. The number of benzene rings is 1. The van der Waals surface area contributed by atoms with Gasteiger partial charge in [0.25, 0.3) is 0 Å². The Morgan fingerprint density at radius 1 is 1.47 bits per heavy atom. The van der Waals surface area contributed by atoms with Crippen molar-refractivity contribution in [3.05, 3.63) is 35.4 Å². The van der Waals surface area contributed by atoms with Crippen molar-refractivity contribution in [2.24, 2.45) is 0 Å². The summed E-state index contributed by atoms with van der Waals surface area (Å²) in [4.78, 5) is 11.5. The van der Waals surface area contributed by atoms with Gasteiger partial charge in [-0.1, -0.05) is 6.07 Å². The highest BCUT2D eigenvalue weighted by molar-refractivity contribution is 5.76. The Balaban J connectivity index is 2.23. The number of urea groups is 1. The van der Waals surface area contributed by atoms with E-state index in [1.165, 1.54) is 13.2 Å². The highest BCUT2D eigenvalue weighted by atomic mass is 19.2. The zero-order chi connectivity index (χ0) is 14.0. The van der Waals surface area contributed by atoms with Crippen LogP contribution in [0.4, 0.5) is 13.6 Å². The predicted octanol–water partition coefficient (Wildman–Crippen LogP) is 1.04. The summed E-state index contributed by atoms with van der Waals surface area (Å²) in [5.74, 6) is -1.96. The number of aliphatic hydroxyl groups is 1. The van der Waals surface area contributed by atoms with Crippen molar-refractivity contribution in [1.29, 1.82) is 0 Å². The van der Waals surface area contributed by atoms with Gasteiger partial charge >= 0.3 is 6.03 Å². The van der Waals surface area contributed by atoms with E-state index in [-0.39, 0.29) is 13.0 Å². The van der Waals surface area contributed by atoms with Gasteiger partial charge in [0.2, 0.25) is 0 Å². The van der Waals surface area contributed by atoms with Crippen LogP contribution in [0.25, 0.3) is 0 Å². The summed E-state index contributed by atoms with van der Waals surface area (Å²) in [5, 5.41) is 15.0. The van der Waals surface area contributed by atoms with Crippen LogP contribution in [-0.4, -0.2) is 30.6 Å². The number of halogens is 2. The molecule has 5 nitrogen and oxygen atoms in total. The molecule has 1 aliphatic heterocycles. The average Bonchev–Trinajstić information content (AvgIpc) is 2.31. The van der Waals surface area contributed by atoms with Crippen molar-refractivity contribution in [2.45, 2.75) is 18.2 Å². The lowest BCUT2D eigenvalue weighted by Gasteiger charge is -2.37. The number of methoxy groups -OCH3 is 1. The number of rotatable bonds is 3. The van der Waals surface area contributed by atoms with Gasteiger partial charge < -0.3 is 20.5 Å². The molecule has 0 spiro atoms. The fraction of sp³-hybridized carbons (Fsp3) is 0.417. The minimum atomic E-state index is -1.54. The standard InChI is InChI=1S/C12H14F2N2O3/c1-19-6-12(18)5-10(15-11(17)16-12)7-2-3-8(13)9(14)4-7/h2-4,10,18H,5-6H2,1H3,(H2,15,16,17)/t10-,12-/m1/s1. The SMILES string of the molecule is COC[C@]1(O)C[C@H](c2ccc(F)c(F)c2)NC(=O)N1. The molecule has 19 heavy (non-hydrogen) atoms. The number of carbonyl (C=O) groups is 1. The largest absolute Gasteiger partial charge is 0.380 e. The molecule has 1 aliphatic rings. The highest BCUT2D eigenvalue weighted by Crippen LogP contribution is 2.27. The number of carbonyl (C=O) groups excluding carboxylic acids is 1. The van der Waals surface area contributed by atoms with Crippen molar-refractivity contribution in [1.82, 2.24) is 10.6 Å². The summed E-state index contributed by atoms with van der Waals surface area (Å²) >= 11 is 0. The van der Waals surface area contributed by atoms with E-state index >= 15 is 0 Å². The number of ether oxygens (including phenoxy) is 1. The molecular weight excluding hydrogens is 258 g/mol.